The second-order valence-corrected chi connectivity index (χ2v) is 7.59. The van der Waals surface area contributed by atoms with E-state index in [0.717, 1.165) is 0 Å². The van der Waals surface area contributed by atoms with Crippen LogP contribution in [0.15, 0.2) is 23.1 Å². The van der Waals surface area contributed by atoms with Crippen molar-refractivity contribution in [3.8, 4) is 5.75 Å². The molecule has 0 atom stereocenters. The molecule has 0 unspecified atom stereocenters. The lowest BCUT2D eigenvalue weighted by Gasteiger charge is -2.13. The summed E-state index contributed by atoms with van der Waals surface area (Å²) in [6.07, 6.45) is 0. The van der Waals surface area contributed by atoms with Crippen LogP contribution in [0.4, 0.5) is 0 Å². The summed E-state index contributed by atoms with van der Waals surface area (Å²) in [5.41, 5.74) is 0. The van der Waals surface area contributed by atoms with Crippen LogP contribution in [0.2, 0.25) is 5.02 Å². The molecule has 0 fully saturated rings. The fraction of sp³-hybridized carbons (Fsp3) is 0.500. The van der Waals surface area contributed by atoms with E-state index in [1.807, 2.05) is 13.8 Å². The number of rotatable bonds is 7. The van der Waals surface area contributed by atoms with Gasteiger partial charge in [0.15, 0.2) is 6.61 Å². The summed E-state index contributed by atoms with van der Waals surface area (Å²) >= 11 is 6.02. The van der Waals surface area contributed by atoms with Crippen LogP contribution in [0.1, 0.15) is 13.8 Å². The van der Waals surface area contributed by atoms with Crippen molar-refractivity contribution in [2.75, 3.05) is 27.2 Å². The number of halogens is 1. The Labute approximate surface area is 136 Å². The van der Waals surface area contributed by atoms with E-state index in [2.05, 4.69) is 4.72 Å². The normalized spacial score (nSPS) is 11.5. The molecule has 0 bridgehead atoms. The van der Waals surface area contributed by atoms with E-state index in [1.54, 1.807) is 14.1 Å². The Balaban J connectivity index is 2.83. The van der Waals surface area contributed by atoms with E-state index in [-0.39, 0.29) is 34.1 Å². The van der Waals surface area contributed by atoms with Gasteiger partial charge in [0.05, 0.1) is 9.92 Å². The van der Waals surface area contributed by atoms with Gasteiger partial charge in [-0.15, -0.1) is 0 Å². The molecule has 1 amide bonds. The quantitative estimate of drug-likeness (QED) is 0.814. The average Bonchev–Trinajstić information content (AvgIpc) is 2.43. The maximum absolute atomic E-state index is 12.1. The van der Waals surface area contributed by atoms with Crippen LogP contribution in [-0.2, 0) is 14.8 Å². The van der Waals surface area contributed by atoms with Gasteiger partial charge >= 0.3 is 0 Å². The molecule has 1 N–H and O–H groups in total. The van der Waals surface area contributed by atoms with Crippen molar-refractivity contribution in [2.24, 2.45) is 5.92 Å². The van der Waals surface area contributed by atoms with Crippen molar-refractivity contribution in [3.05, 3.63) is 23.2 Å². The first-order chi connectivity index (χ1) is 10.1. The zero-order valence-electron chi connectivity index (χ0n) is 13.1. The van der Waals surface area contributed by atoms with Crippen LogP contribution in [0.25, 0.3) is 0 Å². The van der Waals surface area contributed by atoms with E-state index in [4.69, 9.17) is 16.3 Å². The number of benzene rings is 1. The maximum atomic E-state index is 12.1. The van der Waals surface area contributed by atoms with Crippen molar-refractivity contribution < 1.29 is 17.9 Å². The molecule has 1 aromatic rings. The predicted molar refractivity (Wildman–Crippen MR) is 85.7 cm³/mol. The molecule has 1 rings (SSSR count). The highest BCUT2D eigenvalue weighted by atomic mass is 35.5. The van der Waals surface area contributed by atoms with E-state index in [1.165, 1.54) is 23.1 Å². The molecule has 0 aromatic heterocycles. The molecule has 0 aliphatic carbocycles. The smallest absolute Gasteiger partial charge is 0.259 e. The number of hydrogen-bond acceptors (Lipinski definition) is 4. The lowest BCUT2D eigenvalue weighted by molar-refractivity contribution is -0.130. The minimum absolute atomic E-state index is 0.0597. The van der Waals surface area contributed by atoms with E-state index < -0.39 is 10.0 Å². The van der Waals surface area contributed by atoms with Crippen LogP contribution in [0.5, 0.6) is 5.75 Å². The Bertz CT molecular complexity index is 630. The summed E-state index contributed by atoms with van der Waals surface area (Å²) in [5.74, 6) is 0.246. The number of likely N-dealkylation sites (N-methyl/N-ethyl adjacent to an activating group) is 1. The largest absolute Gasteiger partial charge is 0.482 e. The summed E-state index contributed by atoms with van der Waals surface area (Å²) in [4.78, 5) is 12.9. The number of hydrogen-bond donors (Lipinski definition) is 1. The monoisotopic (exact) mass is 348 g/mol. The second kappa shape index (κ2) is 7.80. The third kappa shape index (κ3) is 5.47. The zero-order chi connectivity index (χ0) is 16.9. The fourth-order valence-electron chi connectivity index (χ4n) is 1.39. The standard InChI is InChI=1S/C14H21ClN2O4S/c1-10(2)8-16-22(19,20)11-5-6-13(12(15)7-11)21-9-14(18)17(3)4/h5-7,10,16H,8-9H2,1-4H3. The molecule has 0 spiro atoms. The Kier molecular flexibility index (Phi) is 6.65. The molecular formula is C14H21ClN2O4S. The molecule has 0 saturated heterocycles. The number of nitrogens with one attached hydrogen (secondary N) is 1. The maximum Gasteiger partial charge on any atom is 0.259 e. The first kappa shape index (κ1) is 18.7. The SMILES string of the molecule is CC(C)CNS(=O)(=O)c1ccc(OCC(=O)N(C)C)c(Cl)c1. The molecule has 1 aromatic carbocycles. The van der Waals surface area contributed by atoms with Crippen LogP contribution in [0.3, 0.4) is 0 Å². The first-order valence-electron chi connectivity index (χ1n) is 6.75. The van der Waals surface area contributed by atoms with Crippen LogP contribution < -0.4 is 9.46 Å². The van der Waals surface area contributed by atoms with Gasteiger partial charge in [-0.05, 0) is 24.1 Å². The molecule has 0 aliphatic rings. The zero-order valence-corrected chi connectivity index (χ0v) is 14.7. The third-order valence-corrected chi connectivity index (χ3v) is 4.46. The summed E-state index contributed by atoms with van der Waals surface area (Å²) in [6.45, 7) is 4.00. The van der Waals surface area contributed by atoms with Gasteiger partial charge in [0.2, 0.25) is 10.0 Å². The van der Waals surface area contributed by atoms with E-state index >= 15 is 0 Å². The number of ether oxygens (including phenoxy) is 1. The van der Waals surface area contributed by atoms with Crippen LogP contribution in [0, 0.1) is 5.92 Å². The summed E-state index contributed by atoms with van der Waals surface area (Å²) in [6, 6.07) is 4.14. The van der Waals surface area contributed by atoms with Gasteiger partial charge in [-0.2, -0.15) is 0 Å². The first-order valence-corrected chi connectivity index (χ1v) is 8.61. The van der Waals surface area contributed by atoms with E-state index in [9.17, 15) is 13.2 Å². The number of carbonyl (C=O) groups excluding carboxylic acids is 1. The average molecular weight is 349 g/mol. The van der Waals surface area contributed by atoms with Gasteiger partial charge in [-0.25, -0.2) is 13.1 Å². The van der Waals surface area contributed by atoms with Gasteiger partial charge in [0.25, 0.3) is 5.91 Å². The summed E-state index contributed by atoms with van der Waals surface area (Å²) < 4.78 is 32.0. The minimum atomic E-state index is -3.60. The molecule has 0 saturated carbocycles. The Morgan fingerprint density at radius 2 is 2.00 bits per heavy atom. The lowest BCUT2D eigenvalue weighted by Crippen LogP contribution is -2.28. The Hall–Kier alpha value is -1.31. The molecular weight excluding hydrogens is 328 g/mol. The highest BCUT2D eigenvalue weighted by Crippen LogP contribution is 2.27. The molecule has 8 heteroatoms. The molecule has 22 heavy (non-hydrogen) atoms. The van der Waals surface area contributed by atoms with E-state index in [0.29, 0.717) is 6.54 Å². The topological polar surface area (TPSA) is 75.7 Å². The van der Waals surface area contributed by atoms with Gasteiger partial charge in [-0.3, -0.25) is 4.79 Å². The summed E-state index contributed by atoms with van der Waals surface area (Å²) in [7, 11) is -0.376. The van der Waals surface area contributed by atoms with Crippen molar-refractivity contribution >= 4 is 27.5 Å². The van der Waals surface area contributed by atoms with Gasteiger partial charge in [-0.1, -0.05) is 25.4 Å². The fourth-order valence-corrected chi connectivity index (χ4v) is 2.93. The highest BCUT2D eigenvalue weighted by molar-refractivity contribution is 7.89. The number of carbonyl (C=O) groups is 1. The molecule has 6 nitrogen and oxygen atoms in total. The summed E-state index contributed by atoms with van der Waals surface area (Å²) in [5, 5.41) is 0.138. The van der Waals surface area contributed by atoms with Gasteiger partial charge < -0.3 is 9.64 Å². The highest BCUT2D eigenvalue weighted by Gasteiger charge is 2.16. The van der Waals surface area contributed by atoms with Gasteiger partial charge in [0.1, 0.15) is 5.75 Å². The lowest BCUT2D eigenvalue weighted by atomic mass is 10.2. The molecule has 0 heterocycles. The predicted octanol–water partition coefficient (Wildman–Crippen LogP) is 1.74. The van der Waals surface area contributed by atoms with Crippen molar-refractivity contribution in [3.63, 3.8) is 0 Å². The van der Waals surface area contributed by atoms with Crippen molar-refractivity contribution in [1.82, 2.24) is 9.62 Å². The molecule has 124 valence electrons. The minimum Gasteiger partial charge on any atom is -0.482 e. The number of nitrogens with zero attached hydrogens (tertiary/aromatic N) is 1. The van der Waals surface area contributed by atoms with Crippen molar-refractivity contribution in [2.45, 2.75) is 18.7 Å². The Morgan fingerprint density at radius 1 is 1.36 bits per heavy atom. The van der Waals surface area contributed by atoms with Crippen LogP contribution >= 0.6 is 11.6 Å². The second-order valence-electron chi connectivity index (χ2n) is 5.41. The van der Waals surface area contributed by atoms with Crippen LogP contribution in [-0.4, -0.2) is 46.5 Å². The third-order valence-electron chi connectivity index (χ3n) is 2.75. The number of amides is 1. The molecule has 0 radical (unpaired) electrons. The van der Waals surface area contributed by atoms with Crippen molar-refractivity contribution in [1.29, 1.82) is 0 Å². The number of sulfonamides is 1. The Morgan fingerprint density at radius 3 is 2.50 bits per heavy atom. The van der Waals surface area contributed by atoms with Gasteiger partial charge in [0, 0.05) is 20.6 Å². The molecule has 0 aliphatic heterocycles.